The van der Waals surface area contributed by atoms with Crippen LogP contribution in [0.3, 0.4) is 0 Å². The molecule has 1 aromatic rings. The number of rotatable bonds is 2. The van der Waals surface area contributed by atoms with E-state index in [0.717, 1.165) is 0 Å². The molecule has 0 aliphatic heterocycles. The van der Waals surface area contributed by atoms with E-state index in [1.807, 2.05) is 5.32 Å². The van der Waals surface area contributed by atoms with Crippen LogP contribution in [0.4, 0.5) is 0 Å². The first kappa shape index (κ1) is 5.37. The highest BCUT2D eigenvalue weighted by Crippen LogP contribution is 2.20. The standard InChI is InChI=1S/C9H9BrClNO/c1-2-12-9(13)7-5-6(10)3-4-8(7)11/h3-5H,2H2,1H3,(H,12,13)/i1D3,2D2. The van der Waals surface area contributed by atoms with Gasteiger partial charge in [0.1, 0.15) is 0 Å². The highest BCUT2D eigenvalue weighted by atomic mass is 79.9. The van der Waals surface area contributed by atoms with E-state index >= 15 is 0 Å². The van der Waals surface area contributed by atoms with Gasteiger partial charge in [-0.3, -0.25) is 4.79 Å². The number of hydrogen-bond donors (Lipinski definition) is 1. The summed E-state index contributed by atoms with van der Waals surface area (Å²) in [5, 5.41) is 1.92. The van der Waals surface area contributed by atoms with Gasteiger partial charge >= 0.3 is 0 Å². The van der Waals surface area contributed by atoms with Crippen molar-refractivity contribution >= 4 is 33.4 Å². The Kier molecular flexibility index (Phi) is 1.91. The summed E-state index contributed by atoms with van der Waals surface area (Å²) in [5.74, 6) is -0.887. The van der Waals surface area contributed by atoms with Gasteiger partial charge in [-0.2, -0.15) is 0 Å². The second kappa shape index (κ2) is 4.63. The van der Waals surface area contributed by atoms with Crippen LogP contribution < -0.4 is 5.32 Å². The van der Waals surface area contributed by atoms with E-state index in [-0.39, 0.29) is 10.6 Å². The van der Waals surface area contributed by atoms with Gasteiger partial charge in [0.15, 0.2) is 0 Å². The Labute approximate surface area is 97.4 Å². The molecule has 0 spiro atoms. The predicted octanol–water partition coefficient (Wildman–Crippen LogP) is 2.85. The second-order valence-corrected chi connectivity index (χ2v) is 3.53. The first-order valence-electron chi connectivity index (χ1n) is 5.82. The number of amides is 1. The van der Waals surface area contributed by atoms with Crippen LogP contribution in [0.25, 0.3) is 0 Å². The average molecular weight is 268 g/mol. The van der Waals surface area contributed by atoms with Gasteiger partial charge in [0.05, 0.1) is 10.6 Å². The van der Waals surface area contributed by atoms with Gasteiger partial charge in [0, 0.05) is 17.8 Å². The third kappa shape index (κ3) is 2.71. The van der Waals surface area contributed by atoms with Gasteiger partial charge in [-0.05, 0) is 25.1 Å². The molecule has 13 heavy (non-hydrogen) atoms. The molecule has 2 nitrogen and oxygen atoms in total. The van der Waals surface area contributed by atoms with Crippen LogP contribution in [0.2, 0.25) is 5.02 Å². The lowest BCUT2D eigenvalue weighted by Gasteiger charge is -2.04. The Morgan fingerprint density at radius 2 is 2.62 bits per heavy atom. The van der Waals surface area contributed by atoms with Crippen molar-refractivity contribution in [2.45, 2.75) is 6.85 Å². The van der Waals surface area contributed by atoms with Crippen molar-refractivity contribution in [1.29, 1.82) is 0 Å². The first-order valence-corrected chi connectivity index (χ1v) is 4.49. The van der Waals surface area contributed by atoms with Crippen molar-refractivity contribution < 1.29 is 11.6 Å². The zero-order valence-corrected chi connectivity index (χ0v) is 8.74. The van der Waals surface area contributed by atoms with Crippen LogP contribution in [-0.4, -0.2) is 12.4 Å². The highest BCUT2D eigenvalue weighted by molar-refractivity contribution is 9.10. The largest absolute Gasteiger partial charge is 0.352 e. The maximum absolute atomic E-state index is 11.8. The molecule has 0 fully saturated rings. The third-order valence-electron chi connectivity index (χ3n) is 1.35. The number of carbonyl (C=O) groups excluding carboxylic acids is 1. The first-order chi connectivity index (χ1) is 8.04. The van der Waals surface area contributed by atoms with Crippen molar-refractivity contribution in [3.8, 4) is 0 Å². The molecule has 0 aliphatic rings. The van der Waals surface area contributed by atoms with Crippen LogP contribution in [0.5, 0.6) is 0 Å². The number of hydrogen-bond acceptors (Lipinski definition) is 1. The van der Waals surface area contributed by atoms with Crippen LogP contribution in [0.15, 0.2) is 22.7 Å². The molecule has 1 aromatic carbocycles. The van der Waals surface area contributed by atoms with Gasteiger partial charge in [0.25, 0.3) is 5.91 Å². The Balaban J connectivity index is 3.00. The minimum atomic E-state index is -2.96. The van der Waals surface area contributed by atoms with E-state index in [4.69, 9.17) is 18.5 Å². The fraction of sp³-hybridized carbons (Fsp3) is 0.222. The minimum Gasteiger partial charge on any atom is -0.352 e. The molecule has 0 saturated carbocycles. The van der Waals surface area contributed by atoms with E-state index in [9.17, 15) is 4.79 Å². The highest BCUT2D eigenvalue weighted by Gasteiger charge is 2.08. The van der Waals surface area contributed by atoms with Gasteiger partial charge in [-0.1, -0.05) is 27.5 Å². The molecular formula is C9H9BrClNO. The molecule has 0 saturated heterocycles. The normalized spacial score (nSPS) is 17.5. The maximum atomic E-state index is 11.8. The molecule has 0 aromatic heterocycles. The summed E-state index contributed by atoms with van der Waals surface area (Å²) in [6.07, 6.45) is 0. The lowest BCUT2D eigenvalue weighted by atomic mass is 10.2. The van der Waals surface area contributed by atoms with Crippen molar-refractivity contribution in [2.75, 3.05) is 6.50 Å². The van der Waals surface area contributed by atoms with Gasteiger partial charge in [-0.15, -0.1) is 0 Å². The zero-order valence-electron chi connectivity index (χ0n) is 11.4. The van der Waals surface area contributed by atoms with Crippen molar-refractivity contribution in [3.63, 3.8) is 0 Å². The topological polar surface area (TPSA) is 29.1 Å². The van der Waals surface area contributed by atoms with Crippen LogP contribution >= 0.6 is 27.5 Å². The Hall–Kier alpha value is -0.540. The lowest BCUT2D eigenvalue weighted by Crippen LogP contribution is -2.22. The summed E-state index contributed by atoms with van der Waals surface area (Å²) in [5.41, 5.74) is -0.000772. The number of benzene rings is 1. The number of carbonyl (C=O) groups is 1. The van der Waals surface area contributed by atoms with Gasteiger partial charge < -0.3 is 5.32 Å². The molecule has 0 radical (unpaired) electrons. The average Bonchev–Trinajstić information content (AvgIpc) is 2.19. The molecule has 0 aliphatic carbocycles. The number of halogens is 2. The summed E-state index contributed by atoms with van der Waals surface area (Å²) >= 11 is 8.93. The minimum absolute atomic E-state index is 0.000772. The Morgan fingerprint density at radius 3 is 3.31 bits per heavy atom. The smallest absolute Gasteiger partial charge is 0.252 e. The summed E-state index contributed by atoms with van der Waals surface area (Å²) < 4.78 is 36.1. The number of nitrogens with one attached hydrogen (secondary N) is 1. The monoisotopic (exact) mass is 266 g/mol. The van der Waals surface area contributed by atoms with Crippen molar-refractivity contribution in [3.05, 3.63) is 33.3 Å². The fourth-order valence-electron chi connectivity index (χ4n) is 0.796. The molecule has 0 unspecified atom stereocenters. The van der Waals surface area contributed by atoms with Crippen molar-refractivity contribution in [1.82, 2.24) is 5.32 Å². The maximum Gasteiger partial charge on any atom is 0.252 e. The molecule has 1 amide bonds. The summed E-state index contributed by atoms with van der Waals surface area (Å²) in [7, 11) is 0. The molecule has 0 bridgehead atoms. The van der Waals surface area contributed by atoms with Crippen LogP contribution in [0.1, 0.15) is 24.1 Å². The predicted molar refractivity (Wildman–Crippen MR) is 57.2 cm³/mol. The van der Waals surface area contributed by atoms with E-state index in [1.54, 1.807) is 6.07 Å². The molecule has 1 N–H and O–H groups in total. The molecule has 0 atom stereocenters. The zero-order chi connectivity index (χ0) is 14.1. The molecule has 0 heterocycles. The fourth-order valence-corrected chi connectivity index (χ4v) is 1.36. The molecular weight excluding hydrogens is 253 g/mol. The molecule has 70 valence electrons. The van der Waals surface area contributed by atoms with Gasteiger partial charge in [-0.25, -0.2) is 0 Å². The van der Waals surface area contributed by atoms with Crippen LogP contribution in [-0.2, 0) is 0 Å². The third-order valence-corrected chi connectivity index (χ3v) is 2.17. The molecule has 1 rings (SSSR count). The SMILES string of the molecule is [2H]C([2H])([2H])C([2H])([2H])NC(=O)c1cc(Br)ccc1Cl. The Morgan fingerprint density at radius 1 is 1.85 bits per heavy atom. The summed E-state index contributed by atoms with van der Waals surface area (Å²) in [4.78, 5) is 11.8. The second-order valence-electron chi connectivity index (χ2n) is 2.20. The lowest BCUT2D eigenvalue weighted by molar-refractivity contribution is 0.0956. The molecule has 4 heteroatoms. The quantitative estimate of drug-likeness (QED) is 0.877. The summed E-state index contributed by atoms with van der Waals surface area (Å²) in [6, 6.07) is 4.44. The van der Waals surface area contributed by atoms with Gasteiger partial charge in [0.2, 0.25) is 0 Å². The Bertz CT molecular complexity index is 477. The summed E-state index contributed by atoms with van der Waals surface area (Å²) in [6.45, 7) is -5.78. The van der Waals surface area contributed by atoms with E-state index < -0.39 is 19.3 Å². The van der Waals surface area contributed by atoms with E-state index in [2.05, 4.69) is 15.9 Å². The van der Waals surface area contributed by atoms with Crippen molar-refractivity contribution in [2.24, 2.45) is 0 Å². The van der Waals surface area contributed by atoms with Crippen LogP contribution in [0, 0.1) is 0 Å². The van der Waals surface area contributed by atoms with E-state index in [0.29, 0.717) is 4.47 Å². The van der Waals surface area contributed by atoms with E-state index in [1.165, 1.54) is 12.1 Å².